The minimum Gasteiger partial charge on any atom is -0.434 e. The van der Waals surface area contributed by atoms with Gasteiger partial charge in [-0.1, -0.05) is 158 Å². The zero-order valence-corrected chi connectivity index (χ0v) is 28.3. The zero-order chi connectivity index (χ0) is 34.4. The van der Waals surface area contributed by atoms with Crippen molar-refractivity contribution in [3.05, 3.63) is 194 Å². The molecule has 0 aliphatic heterocycles. The van der Waals surface area contributed by atoms with Gasteiger partial charge in [-0.25, -0.2) is 4.98 Å². The summed E-state index contributed by atoms with van der Waals surface area (Å²) < 4.78 is 6.93. The number of anilines is 3. The van der Waals surface area contributed by atoms with Crippen molar-refractivity contribution in [2.75, 3.05) is 4.90 Å². The minimum atomic E-state index is 0.596. The Hall–Kier alpha value is -6.97. The number of rotatable bonds is 6. The Bertz CT molecular complexity index is 2920. The fourth-order valence-electron chi connectivity index (χ4n) is 7.57. The van der Waals surface area contributed by atoms with Crippen molar-refractivity contribution in [3.63, 3.8) is 0 Å². The van der Waals surface area contributed by atoms with E-state index in [1.807, 2.05) is 0 Å². The Labute approximate surface area is 301 Å². The van der Waals surface area contributed by atoms with Crippen LogP contribution in [0.1, 0.15) is 0 Å². The van der Waals surface area contributed by atoms with Crippen molar-refractivity contribution in [1.82, 2.24) is 4.98 Å². The highest BCUT2D eigenvalue weighted by Crippen LogP contribution is 2.47. The van der Waals surface area contributed by atoms with Gasteiger partial charge in [0.25, 0.3) is 0 Å². The second-order valence-electron chi connectivity index (χ2n) is 13.2. The average molecular weight is 665 g/mol. The molecule has 0 fully saturated rings. The van der Waals surface area contributed by atoms with Gasteiger partial charge in [0.1, 0.15) is 5.52 Å². The highest BCUT2D eigenvalue weighted by molar-refractivity contribution is 6.12. The first-order valence-corrected chi connectivity index (χ1v) is 17.6. The molecule has 244 valence electrons. The van der Waals surface area contributed by atoms with Crippen LogP contribution in [0.4, 0.5) is 17.1 Å². The first-order chi connectivity index (χ1) is 25.8. The molecule has 0 aliphatic carbocycles. The highest BCUT2D eigenvalue weighted by Gasteiger charge is 2.24. The van der Waals surface area contributed by atoms with Crippen molar-refractivity contribution in [3.8, 4) is 33.7 Å². The van der Waals surface area contributed by atoms with Gasteiger partial charge in [0, 0.05) is 22.2 Å². The van der Waals surface area contributed by atoms with E-state index in [0.717, 1.165) is 66.6 Å². The molecule has 0 saturated carbocycles. The van der Waals surface area contributed by atoms with E-state index < -0.39 is 0 Å². The summed E-state index contributed by atoms with van der Waals surface area (Å²) in [6, 6.07) is 68.7. The number of aromatic nitrogens is 1. The van der Waals surface area contributed by atoms with Gasteiger partial charge in [0.2, 0.25) is 5.89 Å². The van der Waals surface area contributed by atoms with E-state index >= 15 is 0 Å². The number of fused-ring (bicyclic) bond motifs is 5. The molecule has 52 heavy (non-hydrogen) atoms. The lowest BCUT2D eigenvalue weighted by molar-refractivity contribution is 0.620. The predicted molar refractivity (Wildman–Crippen MR) is 218 cm³/mol. The minimum absolute atomic E-state index is 0.596. The van der Waals surface area contributed by atoms with Crippen molar-refractivity contribution in [1.29, 1.82) is 0 Å². The van der Waals surface area contributed by atoms with E-state index in [1.165, 1.54) is 21.7 Å². The van der Waals surface area contributed by atoms with Gasteiger partial charge in [-0.2, -0.15) is 0 Å². The van der Waals surface area contributed by atoms with E-state index in [0.29, 0.717) is 5.89 Å². The molecule has 0 aliphatic rings. The Morgan fingerprint density at radius 3 is 1.92 bits per heavy atom. The van der Waals surface area contributed by atoms with E-state index in [2.05, 4.69) is 199 Å². The maximum absolute atomic E-state index is 6.93. The topological polar surface area (TPSA) is 29.3 Å². The Morgan fingerprint density at radius 2 is 1.04 bits per heavy atom. The molecule has 0 unspecified atom stereocenters. The number of hydrogen-bond donors (Lipinski definition) is 0. The first kappa shape index (κ1) is 29.9. The molecule has 0 N–H and O–H groups in total. The lowest BCUT2D eigenvalue weighted by Gasteiger charge is -2.28. The summed E-state index contributed by atoms with van der Waals surface area (Å²) in [5, 5.41) is 6.92. The Kier molecular flexibility index (Phi) is 7.14. The fourth-order valence-corrected chi connectivity index (χ4v) is 7.57. The number of hydrogen-bond acceptors (Lipinski definition) is 3. The van der Waals surface area contributed by atoms with Crippen LogP contribution >= 0.6 is 0 Å². The maximum Gasteiger partial charge on any atom is 0.227 e. The zero-order valence-electron chi connectivity index (χ0n) is 28.3. The van der Waals surface area contributed by atoms with Crippen LogP contribution in [0.3, 0.4) is 0 Å². The second kappa shape index (κ2) is 12.4. The van der Waals surface area contributed by atoms with E-state index in [4.69, 9.17) is 9.40 Å². The molecule has 1 heterocycles. The maximum atomic E-state index is 6.93. The second-order valence-corrected chi connectivity index (χ2v) is 13.2. The van der Waals surface area contributed by atoms with Crippen LogP contribution in [0, 0.1) is 0 Å². The van der Waals surface area contributed by atoms with Crippen LogP contribution in [-0.4, -0.2) is 4.98 Å². The molecule has 0 atom stereocenters. The van der Waals surface area contributed by atoms with Crippen LogP contribution in [-0.2, 0) is 0 Å². The van der Waals surface area contributed by atoms with E-state index in [-0.39, 0.29) is 0 Å². The standard InChI is InChI=1S/C49H32N2O/c1-2-15-35(16-3-1)43-24-10-11-27-45(43)51(40-22-12-21-37(31-40)42-26-13-20-34-17-6-8-23-41(34)42)46-32-38-19-7-9-25-44(38)47-48(46)52-49(50-47)39-29-28-33-14-4-5-18-36(33)30-39/h1-32H. The summed E-state index contributed by atoms with van der Waals surface area (Å²) >= 11 is 0. The predicted octanol–water partition coefficient (Wildman–Crippen LogP) is 13.8. The fraction of sp³-hybridized carbons (Fsp3) is 0. The molecule has 1 aromatic heterocycles. The molecule has 3 nitrogen and oxygen atoms in total. The largest absolute Gasteiger partial charge is 0.434 e. The SMILES string of the molecule is c1ccc(-c2ccccc2N(c2cccc(-c3cccc4ccccc34)c2)c2cc3ccccc3c3nc(-c4ccc5ccccc5c4)oc23)cc1. The summed E-state index contributed by atoms with van der Waals surface area (Å²) in [6.45, 7) is 0. The van der Waals surface area contributed by atoms with Crippen molar-refractivity contribution >= 4 is 60.5 Å². The lowest BCUT2D eigenvalue weighted by atomic mass is 9.97. The van der Waals surface area contributed by atoms with Gasteiger partial charge in [-0.05, 0) is 80.0 Å². The number of nitrogens with zero attached hydrogens (tertiary/aromatic N) is 2. The normalized spacial score (nSPS) is 11.5. The van der Waals surface area contributed by atoms with Crippen LogP contribution in [0.2, 0.25) is 0 Å². The van der Waals surface area contributed by atoms with Gasteiger partial charge in [-0.3, -0.25) is 0 Å². The quantitative estimate of drug-likeness (QED) is 0.177. The number of oxazole rings is 1. The number of para-hydroxylation sites is 1. The Balaban J connectivity index is 1.26. The Morgan fingerprint density at radius 1 is 0.385 bits per heavy atom. The van der Waals surface area contributed by atoms with Crippen LogP contribution in [0.15, 0.2) is 199 Å². The van der Waals surface area contributed by atoms with Crippen molar-refractivity contribution < 1.29 is 4.42 Å². The molecule has 10 rings (SSSR count). The molecule has 3 heteroatoms. The average Bonchev–Trinajstić information content (AvgIpc) is 3.68. The lowest BCUT2D eigenvalue weighted by Crippen LogP contribution is -2.12. The summed E-state index contributed by atoms with van der Waals surface area (Å²) in [4.78, 5) is 7.58. The molecular weight excluding hydrogens is 633 g/mol. The molecule has 0 saturated heterocycles. The van der Waals surface area contributed by atoms with Crippen molar-refractivity contribution in [2.24, 2.45) is 0 Å². The van der Waals surface area contributed by atoms with E-state index in [1.54, 1.807) is 0 Å². The summed E-state index contributed by atoms with van der Waals surface area (Å²) in [5.41, 5.74) is 10.1. The third-order valence-corrected chi connectivity index (χ3v) is 10.0. The third-order valence-electron chi connectivity index (χ3n) is 10.0. The molecule has 0 amide bonds. The first-order valence-electron chi connectivity index (χ1n) is 17.6. The molecule has 0 radical (unpaired) electrons. The third kappa shape index (κ3) is 5.10. The van der Waals surface area contributed by atoms with Gasteiger partial charge >= 0.3 is 0 Å². The van der Waals surface area contributed by atoms with Crippen molar-refractivity contribution in [2.45, 2.75) is 0 Å². The summed E-state index contributed by atoms with van der Waals surface area (Å²) in [7, 11) is 0. The molecule has 9 aromatic carbocycles. The summed E-state index contributed by atoms with van der Waals surface area (Å²) in [5.74, 6) is 0.596. The number of benzene rings is 9. The highest BCUT2D eigenvalue weighted by atomic mass is 16.3. The van der Waals surface area contributed by atoms with E-state index in [9.17, 15) is 0 Å². The van der Waals surface area contributed by atoms with Gasteiger partial charge in [-0.15, -0.1) is 0 Å². The van der Waals surface area contributed by atoms with Crippen LogP contribution in [0.5, 0.6) is 0 Å². The molecule has 0 spiro atoms. The van der Waals surface area contributed by atoms with Crippen LogP contribution in [0.25, 0.3) is 77.1 Å². The monoisotopic (exact) mass is 664 g/mol. The van der Waals surface area contributed by atoms with Crippen LogP contribution < -0.4 is 4.90 Å². The molecule has 0 bridgehead atoms. The van der Waals surface area contributed by atoms with Gasteiger partial charge in [0.15, 0.2) is 5.58 Å². The smallest absolute Gasteiger partial charge is 0.227 e. The molecular formula is C49H32N2O. The van der Waals surface area contributed by atoms with Gasteiger partial charge < -0.3 is 9.32 Å². The summed E-state index contributed by atoms with van der Waals surface area (Å²) in [6.07, 6.45) is 0. The molecule has 10 aromatic rings. The van der Waals surface area contributed by atoms with Gasteiger partial charge in [0.05, 0.1) is 11.4 Å².